The quantitative estimate of drug-likeness (QED) is 0.754. The van der Waals surface area contributed by atoms with Gasteiger partial charge in [-0.3, -0.25) is 0 Å². The lowest BCUT2D eigenvalue weighted by molar-refractivity contribution is 0.0271. The maximum Gasteiger partial charge on any atom is 0.0555 e. The Hall–Kier alpha value is -0.0800. The Labute approximate surface area is 101 Å². The minimum absolute atomic E-state index is 0.0523. The number of unbranched alkanes of at least 4 members (excludes halogenated alkanes) is 1. The number of nitrogens with zero attached hydrogens (tertiary/aromatic N) is 1. The summed E-state index contributed by atoms with van der Waals surface area (Å²) in [5.74, 6) is 0.806. The maximum atomic E-state index is 9.84. The molecule has 0 radical (unpaired) electrons. The number of hydrogen-bond donors (Lipinski definition) is 1. The van der Waals surface area contributed by atoms with E-state index in [1.54, 1.807) is 0 Å². The van der Waals surface area contributed by atoms with Gasteiger partial charge in [0.15, 0.2) is 0 Å². The molecular weight excluding hydrogens is 198 g/mol. The van der Waals surface area contributed by atoms with Crippen LogP contribution in [0.4, 0.5) is 0 Å². The van der Waals surface area contributed by atoms with Gasteiger partial charge in [0.1, 0.15) is 0 Å². The molecule has 96 valence electrons. The molecule has 1 saturated carbocycles. The first-order valence-corrected chi connectivity index (χ1v) is 7.14. The van der Waals surface area contributed by atoms with E-state index in [4.69, 9.17) is 0 Å². The van der Waals surface area contributed by atoms with E-state index in [1.807, 2.05) is 0 Å². The molecule has 1 fully saturated rings. The molecule has 1 aliphatic carbocycles. The van der Waals surface area contributed by atoms with Crippen molar-refractivity contribution < 1.29 is 5.11 Å². The average molecular weight is 227 g/mol. The molecule has 2 nitrogen and oxygen atoms in total. The van der Waals surface area contributed by atoms with Crippen LogP contribution in [-0.2, 0) is 0 Å². The van der Waals surface area contributed by atoms with Crippen molar-refractivity contribution in [3.05, 3.63) is 0 Å². The molecule has 2 heteroatoms. The molecule has 0 amide bonds. The summed E-state index contributed by atoms with van der Waals surface area (Å²) >= 11 is 0. The fourth-order valence-electron chi connectivity index (χ4n) is 3.03. The predicted octanol–water partition coefficient (Wildman–Crippen LogP) is 3.05. The fraction of sp³-hybridized carbons (Fsp3) is 1.00. The van der Waals surface area contributed by atoms with Crippen LogP contribution in [-0.4, -0.2) is 35.2 Å². The third-order valence-electron chi connectivity index (χ3n) is 4.13. The van der Waals surface area contributed by atoms with Crippen LogP contribution in [0.5, 0.6) is 0 Å². The lowest BCUT2D eigenvalue weighted by Crippen LogP contribution is -2.45. The van der Waals surface area contributed by atoms with Gasteiger partial charge in [0.25, 0.3) is 0 Å². The van der Waals surface area contributed by atoms with Crippen LogP contribution in [0.3, 0.4) is 0 Å². The van der Waals surface area contributed by atoms with Gasteiger partial charge >= 0.3 is 0 Å². The zero-order chi connectivity index (χ0) is 12.0. The van der Waals surface area contributed by atoms with Crippen molar-refractivity contribution in [1.82, 2.24) is 4.90 Å². The van der Waals surface area contributed by atoms with Crippen LogP contribution in [0.25, 0.3) is 0 Å². The van der Waals surface area contributed by atoms with Gasteiger partial charge in [0, 0.05) is 6.04 Å². The Balaban J connectivity index is 2.55. The first-order chi connectivity index (χ1) is 7.72. The second-order valence-electron chi connectivity index (χ2n) is 5.18. The van der Waals surface area contributed by atoms with E-state index in [1.165, 1.54) is 32.2 Å². The Bertz CT molecular complexity index is 184. The minimum atomic E-state index is -0.0523. The van der Waals surface area contributed by atoms with Crippen LogP contribution in [0.15, 0.2) is 0 Å². The zero-order valence-electron chi connectivity index (χ0n) is 11.3. The Kier molecular flexibility index (Phi) is 6.37. The van der Waals surface area contributed by atoms with Crippen LogP contribution >= 0.6 is 0 Å². The standard InChI is InChI=1S/C14H29NO/c1-4-7-10-15(6-3)14-11-13(16)9-8-12(14)5-2/h12-14,16H,4-11H2,1-3H3. The van der Waals surface area contributed by atoms with Crippen LogP contribution in [0.1, 0.15) is 59.3 Å². The lowest BCUT2D eigenvalue weighted by Gasteiger charge is -2.41. The maximum absolute atomic E-state index is 9.84. The van der Waals surface area contributed by atoms with E-state index in [0.29, 0.717) is 6.04 Å². The van der Waals surface area contributed by atoms with Crippen molar-refractivity contribution in [2.75, 3.05) is 13.1 Å². The Morgan fingerprint density at radius 2 is 1.94 bits per heavy atom. The van der Waals surface area contributed by atoms with Gasteiger partial charge in [0.05, 0.1) is 6.10 Å². The van der Waals surface area contributed by atoms with Gasteiger partial charge in [-0.05, 0) is 44.7 Å². The summed E-state index contributed by atoms with van der Waals surface area (Å²) in [5, 5.41) is 9.84. The van der Waals surface area contributed by atoms with E-state index in [-0.39, 0.29) is 6.10 Å². The summed E-state index contributed by atoms with van der Waals surface area (Å²) in [6.07, 6.45) is 6.99. The molecule has 0 bridgehead atoms. The third-order valence-corrected chi connectivity index (χ3v) is 4.13. The van der Waals surface area contributed by atoms with Crippen molar-refractivity contribution in [1.29, 1.82) is 0 Å². The zero-order valence-corrected chi connectivity index (χ0v) is 11.3. The van der Waals surface area contributed by atoms with Crippen molar-refractivity contribution in [2.24, 2.45) is 5.92 Å². The monoisotopic (exact) mass is 227 g/mol. The molecule has 1 N–H and O–H groups in total. The first kappa shape index (κ1) is 14.0. The van der Waals surface area contributed by atoms with Gasteiger partial charge in [0.2, 0.25) is 0 Å². The molecule has 0 aromatic carbocycles. The number of aliphatic hydroxyl groups is 1. The number of hydrogen-bond acceptors (Lipinski definition) is 2. The topological polar surface area (TPSA) is 23.5 Å². The summed E-state index contributed by atoms with van der Waals surface area (Å²) in [6, 6.07) is 0.630. The van der Waals surface area contributed by atoms with Gasteiger partial charge in [-0.1, -0.05) is 33.6 Å². The minimum Gasteiger partial charge on any atom is -0.393 e. The highest BCUT2D eigenvalue weighted by Gasteiger charge is 2.31. The summed E-state index contributed by atoms with van der Waals surface area (Å²) in [5.41, 5.74) is 0. The van der Waals surface area contributed by atoms with Gasteiger partial charge < -0.3 is 10.0 Å². The molecule has 0 aromatic heterocycles. The van der Waals surface area contributed by atoms with E-state index in [9.17, 15) is 5.11 Å². The normalized spacial score (nSPS) is 30.9. The summed E-state index contributed by atoms with van der Waals surface area (Å²) in [6.45, 7) is 9.14. The Morgan fingerprint density at radius 3 is 2.50 bits per heavy atom. The molecule has 0 saturated heterocycles. The van der Waals surface area contributed by atoms with Crippen LogP contribution in [0, 0.1) is 5.92 Å². The average Bonchev–Trinajstić information content (AvgIpc) is 2.30. The largest absolute Gasteiger partial charge is 0.393 e. The smallest absolute Gasteiger partial charge is 0.0555 e. The van der Waals surface area contributed by atoms with Crippen molar-refractivity contribution in [2.45, 2.75) is 71.4 Å². The van der Waals surface area contributed by atoms with E-state index >= 15 is 0 Å². The summed E-state index contributed by atoms with van der Waals surface area (Å²) in [7, 11) is 0. The second kappa shape index (κ2) is 7.29. The highest BCUT2D eigenvalue weighted by atomic mass is 16.3. The molecule has 3 unspecified atom stereocenters. The lowest BCUT2D eigenvalue weighted by atomic mass is 9.80. The van der Waals surface area contributed by atoms with E-state index < -0.39 is 0 Å². The third kappa shape index (κ3) is 3.74. The number of rotatable bonds is 6. The SMILES string of the molecule is CCCCN(CC)C1CC(O)CCC1CC. The van der Waals surface area contributed by atoms with E-state index in [0.717, 1.165) is 25.3 Å². The molecule has 3 atom stereocenters. The van der Waals surface area contributed by atoms with Crippen molar-refractivity contribution in [3.8, 4) is 0 Å². The molecule has 0 aliphatic heterocycles. The van der Waals surface area contributed by atoms with Gasteiger partial charge in [-0.2, -0.15) is 0 Å². The summed E-state index contributed by atoms with van der Waals surface area (Å²) in [4.78, 5) is 2.60. The van der Waals surface area contributed by atoms with Crippen molar-refractivity contribution >= 4 is 0 Å². The molecule has 16 heavy (non-hydrogen) atoms. The van der Waals surface area contributed by atoms with Gasteiger partial charge in [-0.25, -0.2) is 0 Å². The highest BCUT2D eigenvalue weighted by Crippen LogP contribution is 2.31. The molecule has 1 aliphatic rings. The van der Waals surface area contributed by atoms with Crippen molar-refractivity contribution in [3.63, 3.8) is 0 Å². The molecule has 1 rings (SSSR count). The fourth-order valence-corrected chi connectivity index (χ4v) is 3.03. The molecule has 0 aromatic rings. The van der Waals surface area contributed by atoms with Crippen LogP contribution < -0.4 is 0 Å². The van der Waals surface area contributed by atoms with E-state index in [2.05, 4.69) is 25.7 Å². The highest BCUT2D eigenvalue weighted by molar-refractivity contribution is 4.86. The first-order valence-electron chi connectivity index (χ1n) is 7.14. The Morgan fingerprint density at radius 1 is 1.19 bits per heavy atom. The van der Waals surface area contributed by atoms with Gasteiger partial charge in [-0.15, -0.1) is 0 Å². The summed E-state index contributed by atoms with van der Waals surface area (Å²) < 4.78 is 0. The molecule has 0 spiro atoms. The second-order valence-corrected chi connectivity index (χ2v) is 5.18. The molecule has 0 heterocycles. The number of aliphatic hydroxyl groups excluding tert-OH is 1. The van der Waals surface area contributed by atoms with Crippen LogP contribution in [0.2, 0.25) is 0 Å². The molecular formula is C14H29NO. The predicted molar refractivity (Wildman–Crippen MR) is 69.6 cm³/mol.